The van der Waals surface area contributed by atoms with Gasteiger partial charge in [-0.05, 0) is 32.4 Å². The van der Waals surface area contributed by atoms with Crippen molar-refractivity contribution >= 4 is 22.9 Å². The quantitative estimate of drug-likeness (QED) is 0.855. The molecule has 24 heavy (non-hydrogen) atoms. The first kappa shape index (κ1) is 17.8. The van der Waals surface area contributed by atoms with Gasteiger partial charge in [-0.15, -0.1) is 0 Å². The van der Waals surface area contributed by atoms with Gasteiger partial charge in [0.25, 0.3) is 0 Å². The SMILES string of the molecule is CC[C@@H](C)NC(=O)[C@H](C)NC(=O)N(C)Cc1cc2ccccc2o1. The molecule has 0 aliphatic heterocycles. The molecule has 0 aliphatic rings. The number of hydrogen-bond acceptors (Lipinski definition) is 3. The van der Waals surface area contributed by atoms with E-state index in [1.165, 1.54) is 4.90 Å². The van der Waals surface area contributed by atoms with Crippen molar-refractivity contribution in [2.75, 3.05) is 7.05 Å². The van der Waals surface area contributed by atoms with Crippen LogP contribution in [0.4, 0.5) is 4.79 Å². The second kappa shape index (κ2) is 7.86. The van der Waals surface area contributed by atoms with Crippen molar-refractivity contribution in [1.29, 1.82) is 0 Å². The Bertz CT molecular complexity index is 677. The lowest BCUT2D eigenvalue weighted by atomic mass is 10.2. The maximum atomic E-state index is 12.2. The fraction of sp³-hybridized carbons (Fsp3) is 0.444. The monoisotopic (exact) mass is 331 g/mol. The summed E-state index contributed by atoms with van der Waals surface area (Å²) in [4.78, 5) is 25.7. The summed E-state index contributed by atoms with van der Waals surface area (Å²) < 4.78 is 5.71. The van der Waals surface area contributed by atoms with E-state index in [1.807, 2.05) is 44.2 Å². The molecule has 0 saturated carbocycles. The Balaban J connectivity index is 1.90. The molecule has 0 spiro atoms. The Morgan fingerprint density at radius 1 is 1.21 bits per heavy atom. The number of carbonyl (C=O) groups excluding carboxylic acids is 2. The largest absolute Gasteiger partial charge is 0.459 e. The zero-order valence-electron chi connectivity index (χ0n) is 14.6. The van der Waals surface area contributed by atoms with Gasteiger partial charge in [-0.2, -0.15) is 0 Å². The highest BCUT2D eigenvalue weighted by molar-refractivity contribution is 5.86. The van der Waals surface area contributed by atoms with Gasteiger partial charge in [-0.25, -0.2) is 4.79 Å². The van der Waals surface area contributed by atoms with Crippen LogP contribution in [0.25, 0.3) is 11.0 Å². The molecule has 6 heteroatoms. The van der Waals surface area contributed by atoms with Gasteiger partial charge in [0, 0.05) is 18.5 Å². The molecule has 1 aromatic carbocycles. The molecule has 0 aliphatic carbocycles. The van der Waals surface area contributed by atoms with Gasteiger partial charge < -0.3 is 20.0 Å². The van der Waals surface area contributed by atoms with Crippen LogP contribution in [0.2, 0.25) is 0 Å². The van der Waals surface area contributed by atoms with Gasteiger partial charge in [0.2, 0.25) is 5.91 Å². The van der Waals surface area contributed by atoms with Crippen molar-refractivity contribution in [1.82, 2.24) is 15.5 Å². The van der Waals surface area contributed by atoms with Crippen molar-refractivity contribution in [2.24, 2.45) is 0 Å². The second-order valence-electron chi connectivity index (χ2n) is 6.10. The number of nitrogens with zero attached hydrogens (tertiary/aromatic N) is 1. The lowest BCUT2D eigenvalue weighted by molar-refractivity contribution is -0.123. The minimum Gasteiger partial charge on any atom is -0.459 e. The second-order valence-corrected chi connectivity index (χ2v) is 6.10. The molecule has 1 aromatic heterocycles. The average Bonchev–Trinajstić information content (AvgIpc) is 2.96. The average molecular weight is 331 g/mol. The lowest BCUT2D eigenvalue weighted by Crippen LogP contribution is -2.50. The van der Waals surface area contributed by atoms with Gasteiger partial charge in [-0.1, -0.05) is 25.1 Å². The molecule has 1 heterocycles. The van der Waals surface area contributed by atoms with Gasteiger partial charge >= 0.3 is 6.03 Å². The van der Waals surface area contributed by atoms with Crippen molar-refractivity contribution < 1.29 is 14.0 Å². The van der Waals surface area contributed by atoms with Gasteiger partial charge in [0.1, 0.15) is 17.4 Å². The Morgan fingerprint density at radius 3 is 2.58 bits per heavy atom. The molecule has 2 atom stereocenters. The first-order valence-corrected chi connectivity index (χ1v) is 8.20. The highest BCUT2D eigenvalue weighted by Gasteiger charge is 2.19. The highest BCUT2D eigenvalue weighted by atomic mass is 16.3. The van der Waals surface area contributed by atoms with E-state index >= 15 is 0 Å². The molecule has 3 amide bonds. The fourth-order valence-corrected chi connectivity index (χ4v) is 2.25. The van der Waals surface area contributed by atoms with Gasteiger partial charge in [0.05, 0.1) is 6.54 Å². The number of urea groups is 1. The van der Waals surface area contributed by atoms with E-state index in [2.05, 4.69) is 10.6 Å². The minimum absolute atomic E-state index is 0.0881. The van der Waals surface area contributed by atoms with Crippen LogP contribution in [0.5, 0.6) is 0 Å². The van der Waals surface area contributed by atoms with E-state index in [4.69, 9.17) is 4.42 Å². The Labute approximate surface area is 142 Å². The predicted molar refractivity (Wildman–Crippen MR) is 93.6 cm³/mol. The molecule has 2 N–H and O–H groups in total. The maximum Gasteiger partial charge on any atom is 0.318 e. The molecule has 0 fully saturated rings. The molecular formula is C18H25N3O3. The molecule has 6 nitrogen and oxygen atoms in total. The topological polar surface area (TPSA) is 74.6 Å². The Kier molecular flexibility index (Phi) is 5.84. The van der Waals surface area contributed by atoms with Crippen molar-refractivity contribution in [3.8, 4) is 0 Å². The van der Waals surface area contributed by atoms with Crippen LogP contribution in [0.3, 0.4) is 0 Å². The number of amides is 3. The third kappa shape index (κ3) is 4.50. The zero-order chi connectivity index (χ0) is 17.7. The van der Waals surface area contributed by atoms with Crippen LogP contribution in [-0.4, -0.2) is 36.0 Å². The summed E-state index contributed by atoms with van der Waals surface area (Å²) in [6.45, 7) is 5.93. The number of benzene rings is 1. The molecule has 2 rings (SSSR count). The molecule has 0 unspecified atom stereocenters. The lowest BCUT2D eigenvalue weighted by Gasteiger charge is -2.21. The summed E-state index contributed by atoms with van der Waals surface area (Å²) in [7, 11) is 1.67. The van der Waals surface area contributed by atoms with E-state index < -0.39 is 6.04 Å². The number of para-hydroxylation sites is 1. The standard InChI is InChI=1S/C18H25N3O3/c1-5-12(2)19-17(22)13(3)20-18(23)21(4)11-15-10-14-8-6-7-9-16(14)24-15/h6-10,12-13H,5,11H2,1-4H3,(H,19,22)(H,20,23)/t12-,13+/m1/s1. The summed E-state index contributed by atoms with van der Waals surface area (Å²) in [6, 6.07) is 8.79. The Morgan fingerprint density at radius 2 is 1.92 bits per heavy atom. The van der Waals surface area contributed by atoms with Crippen LogP contribution in [-0.2, 0) is 11.3 Å². The van der Waals surface area contributed by atoms with Gasteiger partial charge in [-0.3, -0.25) is 4.79 Å². The van der Waals surface area contributed by atoms with E-state index in [9.17, 15) is 9.59 Å². The van der Waals surface area contributed by atoms with E-state index in [-0.39, 0.29) is 18.0 Å². The first-order chi connectivity index (χ1) is 11.4. The minimum atomic E-state index is -0.593. The number of fused-ring (bicyclic) bond motifs is 1. The number of rotatable bonds is 6. The number of hydrogen-bond donors (Lipinski definition) is 2. The van der Waals surface area contributed by atoms with Crippen LogP contribution in [0.1, 0.15) is 33.0 Å². The number of nitrogens with one attached hydrogen (secondary N) is 2. The van der Waals surface area contributed by atoms with Crippen molar-refractivity contribution in [3.63, 3.8) is 0 Å². The molecule has 0 bridgehead atoms. The number of carbonyl (C=O) groups is 2. The maximum absolute atomic E-state index is 12.2. The van der Waals surface area contributed by atoms with Crippen LogP contribution in [0.15, 0.2) is 34.7 Å². The third-order valence-electron chi connectivity index (χ3n) is 3.95. The third-order valence-corrected chi connectivity index (χ3v) is 3.95. The zero-order valence-corrected chi connectivity index (χ0v) is 14.6. The molecule has 130 valence electrons. The van der Waals surface area contributed by atoms with E-state index in [0.717, 1.165) is 17.4 Å². The fourth-order valence-electron chi connectivity index (χ4n) is 2.25. The number of furan rings is 1. The predicted octanol–water partition coefficient (Wildman–Crippen LogP) is 2.88. The summed E-state index contributed by atoms with van der Waals surface area (Å²) >= 11 is 0. The van der Waals surface area contributed by atoms with E-state index in [1.54, 1.807) is 14.0 Å². The first-order valence-electron chi connectivity index (χ1n) is 8.20. The Hall–Kier alpha value is -2.50. The van der Waals surface area contributed by atoms with Crippen LogP contribution >= 0.6 is 0 Å². The highest BCUT2D eigenvalue weighted by Crippen LogP contribution is 2.19. The van der Waals surface area contributed by atoms with E-state index in [0.29, 0.717) is 12.3 Å². The smallest absolute Gasteiger partial charge is 0.318 e. The summed E-state index contributed by atoms with van der Waals surface area (Å²) in [5.74, 6) is 0.514. The normalized spacial score (nSPS) is 13.3. The molecule has 0 radical (unpaired) electrons. The van der Waals surface area contributed by atoms with Crippen LogP contribution in [0, 0.1) is 0 Å². The summed E-state index contributed by atoms with van der Waals surface area (Å²) in [5, 5.41) is 6.55. The van der Waals surface area contributed by atoms with Crippen molar-refractivity contribution in [2.45, 2.75) is 45.8 Å². The van der Waals surface area contributed by atoms with Crippen LogP contribution < -0.4 is 10.6 Å². The molecular weight excluding hydrogens is 306 g/mol. The summed E-state index contributed by atoms with van der Waals surface area (Å²) in [6.07, 6.45) is 0.846. The van der Waals surface area contributed by atoms with Crippen molar-refractivity contribution in [3.05, 3.63) is 36.1 Å². The van der Waals surface area contributed by atoms with Gasteiger partial charge in [0.15, 0.2) is 0 Å². The molecule has 0 saturated heterocycles. The molecule has 2 aromatic rings. The summed E-state index contributed by atoms with van der Waals surface area (Å²) in [5.41, 5.74) is 0.794.